The zero-order valence-electron chi connectivity index (χ0n) is 12.3. The Labute approximate surface area is 136 Å². The maximum atomic E-state index is 13.1. The number of hydrogen-bond acceptors (Lipinski definition) is 4. The van der Waals surface area contributed by atoms with E-state index in [0.29, 0.717) is 18.7 Å². The Bertz CT molecular complexity index is 611. The van der Waals surface area contributed by atoms with Gasteiger partial charge in [-0.15, -0.1) is 0 Å². The van der Waals surface area contributed by atoms with Crippen molar-refractivity contribution in [3.05, 3.63) is 34.4 Å². The minimum absolute atomic E-state index is 0.262. The Kier molecular flexibility index (Phi) is 7.40. The highest BCUT2D eigenvalue weighted by Gasteiger charge is 2.17. The van der Waals surface area contributed by atoms with E-state index in [-0.39, 0.29) is 17.5 Å². The number of ether oxygens (including phenoxy) is 1. The summed E-state index contributed by atoms with van der Waals surface area (Å²) in [5, 5.41) is 4.44. The first kappa shape index (κ1) is 18.8. The highest BCUT2D eigenvalue weighted by molar-refractivity contribution is 6.33. The number of esters is 1. The molecule has 0 spiro atoms. The standard InChI is InChI=1S/C14H15ClF2N2O4/c1-2-3-18-12(20)6-19-13(21)7-23-14(22)8-4-10(16)11(17)5-9(8)15/h4-5H,2-3,6-7H2,1H3,(H,18,20)(H,19,21). The molecule has 0 fully saturated rings. The van der Waals surface area contributed by atoms with E-state index >= 15 is 0 Å². The van der Waals surface area contributed by atoms with E-state index in [1.165, 1.54) is 0 Å². The van der Waals surface area contributed by atoms with Crippen LogP contribution < -0.4 is 10.6 Å². The molecule has 0 radical (unpaired) electrons. The van der Waals surface area contributed by atoms with Gasteiger partial charge in [0.05, 0.1) is 17.1 Å². The fraction of sp³-hybridized carbons (Fsp3) is 0.357. The third-order valence-corrected chi connectivity index (χ3v) is 2.90. The average molecular weight is 349 g/mol. The summed E-state index contributed by atoms with van der Waals surface area (Å²) in [5.41, 5.74) is -0.404. The summed E-state index contributed by atoms with van der Waals surface area (Å²) in [7, 11) is 0. The summed E-state index contributed by atoms with van der Waals surface area (Å²) >= 11 is 5.60. The molecule has 0 aromatic heterocycles. The van der Waals surface area contributed by atoms with Crippen molar-refractivity contribution in [3.8, 4) is 0 Å². The van der Waals surface area contributed by atoms with Crippen LogP contribution in [0.2, 0.25) is 5.02 Å². The van der Waals surface area contributed by atoms with Gasteiger partial charge in [0.1, 0.15) is 0 Å². The second-order valence-corrected chi connectivity index (χ2v) is 4.86. The topological polar surface area (TPSA) is 84.5 Å². The monoisotopic (exact) mass is 348 g/mol. The summed E-state index contributed by atoms with van der Waals surface area (Å²) in [6.07, 6.45) is 0.756. The number of amides is 2. The maximum absolute atomic E-state index is 13.1. The predicted octanol–water partition coefficient (Wildman–Crippen LogP) is 1.42. The van der Waals surface area contributed by atoms with Crippen LogP contribution in [0.15, 0.2) is 12.1 Å². The minimum Gasteiger partial charge on any atom is -0.452 e. The molecule has 6 nitrogen and oxygen atoms in total. The van der Waals surface area contributed by atoms with E-state index in [1.807, 2.05) is 6.92 Å². The van der Waals surface area contributed by atoms with E-state index in [1.54, 1.807) is 0 Å². The molecule has 0 aliphatic heterocycles. The number of carbonyl (C=O) groups excluding carboxylic acids is 3. The van der Waals surface area contributed by atoms with Gasteiger partial charge in [0.2, 0.25) is 5.91 Å². The lowest BCUT2D eigenvalue weighted by atomic mass is 10.2. The van der Waals surface area contributed by atoms with E-state index in [2.05, 4.69) is 15.4 Å². The number of rotatable bonds is 7. The van der Waals surface area contributed by atoms with Crippen molar-refractivity contribution in [3.63, 3.8) is 0 Å². The van der Waals surface area contributed by atoms with Crippen LogP contribution in [-0.2, 0) is 14.3 Å². The van der Waals surface area contributed by atoms with Gasteiger partial charge >= 0.3 is 5.97 Å². The molecule has 0 bridgehead atoms. The van der Waals surface area contributed by atoms with Crippen LogP contribution in [0.4, 0.5) is 8.78 Å². The molecule has 2 N–H and O–H groups in total. The Balaban J connectivity index is 2.45. The molecule has 0 atom stereocenters. The van der Waals surface area contributed by atoms with Crippen LogP contribution in [0, 0.1) is 11.6 Å². The molecule has 0 saturated heterocycles. The first-order valence-corrected chi connectivity index (χ1v) is 7.08. The SMILES string of the molecule is CCCNC(=O)CNC(=O)COC(=O)c1cc(F)c(F)cc1Cl. The lowest BCUT2D eigenvalue weighted by Gasteiger charge is -2.08. The number of nitrogens with one attached hydrogen (secondary N) is 2. The van der Waals surface area contributed by atoms with Crippen LogP contribution in [0.25, 0.3) is 0 Å². The Morgan fingerprint density at radius 3 is 2.43 bits per heavy atom. The number of halogens is 3. The van der Waals surface area contributed by atoms with Crippen LogP contribution >= 0.6 is 11.6 Å². The first-order chi connectivity index (χ1) is 10.8. The molecule has 23 heavy (non-hydrogen) atoms. The lowest BCUT2D eigenvalue weighted by molar-refractivity contribution is -0.127. The zero-order valence-corrected chi connectivity index (χ0v) is 13.0. The molecule has 1 rings (SSSR count). The van der Waals surface area contributed by atoms with Crippen LogP contribution in [0.3, 0.4) is 0 Å². The summed E-state index contributed by atoms with van der Waals surface area (Å²) in [4.78, 5) is 34.3. The normalized spacial score (nSPS) is 10.1. The van der Waals surface area contributed by atoms with Gasteiger partial charge in [-0.1, -0.05) is 18.5 Å². The second kappa shape index (κ2) is 9.04. The molecule has 2 amide bonds. The summed E-state index contributed by atoms with van der Waals surface area (Å²) in [6, 6.07) is 1.21. The third kappa shape index (κ3) is 6.19. The fourth-order valence-electron chi connectivity index (χ4n) is 1.44. The lowest BCUT2D eigenvalue weighted by Crippen LogP contribution is -2.38. The quantitative estimate of drug-likeness (QED) is 0.576. The number of benzene rings is 1. The van der Waals surface area contributed by atoms with Crippen molar-refractivity contribution in [2.45, 2.75) is 13.3 Å². The summed E-state index contributed by atoms with van der Waals surface area (Å²) in [5.74, 6) is -4.65. The van der Waals surface area contributed by atoms with E-state index in [0.717, 1.165) is 6.42 Å². The molecular formula is C14H15ClF2N2O4. The molecule has 126 valence electrons. The van der Waals surface area contributed by atoms with Gasteiger partial charge in [-0.05, 0) is 18.6 Å². The molecule has 0 unspecified atom stereocenters. The Morgan fingerprint density at radius 2 is 1.78 bits per heavy atom. The minimum atomic E-state index is -1.27. The third-order valence-electron chi connectivity index (χ3n) is 2.58. The van der Waals surface area contributed by atoms with Gasteiger partial charge < -0.3 is 15.4 Å². The fourth-order valence-corrected chi connectivity index (χ4v) is 1.67. The smallest absolute Gasteiger partial charge is 0.340 e. The van der Waals surface area contributed by atoms with Crippen molar-refractivity contribution < 1.29 is 27.9 Å². The Hall–Kier alpha value is -2.22. The highest BCUT2D eigenvalue weighted by Crippen LogP contribution is 2.20. The largest absolute Gasteiger partial charge is 0.452 e. The highest BCUT2D eigenvalue weighted by atomic mass is 35.5. The van der Waals surface area contributed by atoms with E-state index < -0.39 is 35.7 Å². The molecule has 1 aromatic carbocycles. The molecule has 0 aliphatic carbocycles. The number of carbonyl (C=O) groups is 3. The maximum Gasteiger partial charge on any atom is 0.340 e. The molecule has 1 aromatic rings. The van der Waals surface area contributed by atoms with Crippen molar-refractivity contribution in [1.82, 2.24) is 10.6 Å². The predicted molar refractivity (Wildman–Crippen MR) is 78.0 cm³/mol. The molecule has 9 heteroatoms. The molecule has 0 saturated carbocycles. The van der Waals surface area contributed by atoms with Gasteiger partial charge in [0, 0.05) is 6.54 Å². The van der Waals surface area contributed by atoms with E-state index in [4.69, 9.17) is 11.6 Å². The van der Waals surface area contributed by atoms with Crippen molar-refractivity contribution in [2.24, 2.45) is 0 Å². The van der Waals surface area contributed by atoms with Crippen LogP contribution in [0.5, 0.6) is 0 Å². The van der Waals surface area contributed by atoms with Gasteiger partial charge in [-0.3, -0.25) is 9.59 Å². The van der Waals surface area contributed by atoms with Crippen molar-refractivity contribution >= 4 is 29.4 Å². The summed E-state index contributed by atoms with van der Waals surface area (Å²) in [6.45, 7) is 1.41. The number of hydrogen-bond donors (Lipinski definition) is 2. The van der Waals surface area contributed by atoms with E-state index in [9.17, 15) is 23.2 Å². The molecule has 0 heterocycles. The average Bonchev–Trinajstić information content (AvgIpc) is 2.51. The van der Waals surface area contributed by atoms with Crippen molar-refractivity contribution in [1.29, 1.82) is 0 Å². The van der Waals surface area contributed by atoms with Gasteiger partial charge in [-0.25, -0.2) is 13.6 Å². The molecule has 0 aliphatic rings. The van der Waals surface area contributed by atoms with Gasteiger partial charge in [-0.2, -0.15) is 0 Å². The first-order valence-electron chi connectivity index (χ1n) is 6.70. The zero-order chi connectivity index (χ0) is 17.4. The summed E-state index contributed by atoms with van der Waals surface area (Å²) < 4.78 is 30.6. The van der Waals surface area contributed by atoms with Crippen molar-refractivity contribution in [2.75, 3.05) is 19.7 Å². The second-order valence-electron chi connectivity index (χ2n) is 4.45. The Morgan fingerprint density at radius 1 is 1.13 bits per heavy atom. The van der Waals surface area contributed by atoms with Crippen LogP contribution in [-0.4, -0.2) is 37.5 Å². The van der Waals surface area contributed by atoms with Gasteiger partial charge in [0.25, 0.3) is 5.91 Å². The van der Waals surface area contributed by atoms with Crippen LogP contribution in [0.1, 0.15) is 23.7 Å². The molecular weight excluding hydrogens is 334 g/mol. The van der Waals surface area contributed by atoms with Gasteiger partial charge in [0.15, 0.2) is 18.2 Å².